The number of nitrogens with one attached hydrogen (secondary N) is 1. The number of hydrogen-bond donors (Lipinski definition) is 1. The van der Waals surface area contributed by atoms with E-state index in [0.717, 1.165) is 12.1 Å². The number of benzene rings is 1. The van der Waals surface area contributed by atoms with E-state index in [2.05, 4.69) is 15.5 Å². The molecule has 11 heteroatoms. The molecule has 0 aliphatic carbocycles. The van der Waals surface area contributed by atoms with Crippen LogP contribution in [0.3, 0.4) is 0 Å². The standard InChI is InChI=1S/C21H23F3N4O4/c1-4-30-9-10-31-20(29)16(11-25)18(13(2)3)26-12-17-27-19(28-32-17)14-5-7-15(8-6-14)21(22,23)24/h5-8,13,26H,4,9-10,12H2,1-3H3/b18-16-. The molecule has 172 valence electrons. The number of halogens is 3. The van der Waals surface area contributed by atoms with Gasteiger partial charge in [-0.15, -0.1) is 0 Å². The summed E-state index contributed by atoms with van der Waals surface area (Å²) in [5, 5.41) is 16.1. The molecule has 0 unspecified atom stereocenters. The second-order valence-electron chi connectivity index (χ2n) is 6.83. The highest BCUT2D eigenvalue weighted by atomic mass is 19.4. The van der Waals surface area contributed by atoms with Crippen LogP contribution in [0.4, 0.5) is 13.2 Å². The summed E-state index contributed by atoms with van der Waals surface area (Å²) in [5.74, 6) is -0.762. The van der Waals surface area contributed by atoms with Gasteiger partial charge in [-0.25, -0.2) is 4.79 Å². The Labute approximate surface area is 183 Å². The van der Waals surface area contributed by atoms with Crippen LogP contribution < -0.4 is 5.32 Å². The van der Waals surface area contributed by atoms with Crippen molar-refractivity contribution in [2.75, 3.05) is 19.8 Å². The second kappa shape index (κ2) is 11.3. The number of rotatable bonds is 10. The summed E-state index contributed by atoms with van der Waals surface area (Å²) >= 11 is 0. The molecule has 1 aromatic carbocycles. The lowest BCUT2D eigenvalue weighted by atomic mass is 10.0. The van der Waals surface area contributed by atoms with Crippen molar-refractivity contribution in [3.05, 3.63) is 47.0 Å². The molecule has 0 fully saturated rings. The molecule has 0 saturated heterocycles. The number of carbonyl (C=O) groups excluding carboxylic acids is 1. The molecule has 8 nitrogen and oxygen atoms in total. The molecule has 0 amide bonds. The number of allylic oxidation sites excluding steroid dienone is 1. The van der Waals surface area contributed by atoms with Crippen LogP contribution in [0.25, 0.3) is 11.4 Å². The molecule has 0 saturated carbocycles. The van der Waals surface area contributed by atoms with E-state index in [1.807, 2.05) is 13.0 Å². The molecule has 1 N–H and O–H groups in total. The first kappa shape index (κ1) is 24.9. The van der Waals surface area contributed by atoms with Crippen LogP contribution in [0, 0.1) is 17.2 Å². The average Bonchev–Trinajstić information content (AvgIpc) is 3.22. The van der Waals surface area contributed by atoms with Gasteiger partial charge in [-0.2, -0.15) is 23.4 Å². The van der Waals surface area contributed by atoms with Gasteiger partial charge in [0.25, 0.3) is 0 Å². The van der Waals surface area contributed by atoms with Crippen LogP contribution >= 0.6 is 0 Å². The van der Waals surface area contributed by atoms with Gasteiger partial charge in [0, 0.05) is 17.9 Å². The molecular weight excluding hydrogens is 429 g/mol. The number of esters is 1. The van der Waals surface area contributed by atoms with E-state index in [1.54, 1.807) is 13.8 Å². The molecule has 2 rings (SSSR count). The summed E-state index contributed by atoms with van der Waals surface area (Å²) in [5.41, 5.74) is -0.277. The van der Waals surface area contributed by atoms with Gasteiger partial charge in [-0.3, -0.25) is 0 Å². The lowest BCUT2D eigenvalue weighted by Gasteiger charge is -2.15. The third kappa shape index (κ3) is 6.81. The third-order valence-corrected chi connectivity index (χ3v) is 4.20. The molecule has 32 heavy (non-hydrogen) atoms. The van der Waals surface area contributed by atoms with Crippen LogP contribution in [0.5, 0.6) is 0 Å². The summed E-state index contributed by atoms with van der Waals surface area (Å²) in [6.45, 7) is 6.10. The summed E-state index contributed by atoms with van der Waals surface area (Å²) in [6, 6.07) is 6.21. The Bertz CT molecular complexity index is 976. The van der Waals surface area contributed by atoms with E-state index in [1.165, 1.54) is 12.1 Å². The number of ether oxygens (including phenoxy) is 2. The van der Waals surface area contributed by atoms with Crippen molar-refractivity contribution in [2.45, 2.75) is 33.5 Å². The normalized spacial score (nSPS) is 12.3. The molecule has 0 radical (unpaired) electrons. The van der Waals surface area contributed by atoms with Gasteiger partial charge >= 0.3 is 12.1 Å². The Balaban J connectivity index is 2.10. The Morgan fingerprint density at radius 3 is 2.50 bits per heavy atom. The highest BCUT2D eigenvalue weighted by molar-refractivity contribution is 5.93. The fraction of sp³-hybridized carbons (Fsp3) is 0.429. The predicted molar refractivity (Wildman–Crippen MR) is 107 cm³/mol. The van der Waals surface area contributed by atoms with Gasteiger partial charge in [0.1, 0.15) is 12.7 Å². The van der Waals surface area contributed by atoms with E-state index in [4.69, 9.17) is 14.0 Å². The average molecular weight is 452 g/mol. The summed E-state index contributed by atoms with van der Waals surface area (Å²) in [6.07, 6.45) is -4.44. The van der Waals surface area contributed by atoms with Crippen LogP contribution in [-0.2, 0) is 27.0 Å². The molecule has 0 aliphatic rings. The molecule has 0 atom stereocenters. The minimum absolute atomic E-state index is 0.00143. The van der Waals surface area contributed by atoms with Gasteiger partial charge < -0.3 is 19.3 Å². The van der Waals surface area contributed by atoms with Crippen molar-refractivity contribution < 1.29 is 32.0 Å². The fourth-order valence-electron chi connectivity index (χ4n) is 2.63. The molecule has 0 spiro atoms. The van der Waals surface area contributed by atoms with Gasteiger partial charge in [0.2, 0.25) is 11.7 Å². The fourth-order valence-corrected chi connectivity index (χ4v) is 2.63. The molecule has 0 bridgehead atoms. The number of alkyl halides is 3. The van der Waals surface area contributed by atoms with Crippen LogP contribution in [0.1, 0.15) is 32.2 Å². The van der Waals surface area contributed by atoms with Crippen molar-refractivity contribution >= 4 is 5.97 Å². The van der Waals surface area contributed by atoms with Gasteiger partial charge in [-0.1, -0.05) is 31.1 Å². The Morgan fingerprint density at radius 1 is 1.25 bits per heavy atom. The van der Waals surface area contributed by atoms with Crippen LogP contribution in [-0.4, -0.2) is 35.9 Å². The first-order chi connectivity index (χ1) is 15.2. The van der Waals surface area contributed by atoms with Crippen molar-refractivity contribution in [1.82, 2.24) is 15.5 Å². The lowest BCUT2D eigenvalue weighted by Crippen LogP contribution is -2.23. The minimum Gasteiger partial charge on any atom is -0.459 e. The molecule has 0 aliphatic heterocycles. The number of nitriles is 1. The third-order valence-electron chi connectivity index (χ3n) is 4.20. The summed E-state index contributed by atoms with van der Waals surface area (Å²) in [4.78, 5) is 16.4. The SMILES string of the molecule is CCOCCOC(=O)/C(C#N)=C(\NCc1nc(-c2ccc(C(F)(F)F)cc2)no1)C(C)C. The van der Waals surface area contributed by atoms with E-state index in [9.17, 15) is 23.2 Å². The Hall–Kier alpha value is -3.39. The van der Waals surface area contributed by atoms with Crippen molar-refractivity contribution in [3.8, 4) is 17.5 Å². The smallest absolute Gasteiger partial charge is 0.416 e. The monoisotopic (exact) mass is 452 g/mol. The zero-order chi connectivity index (χ0) is 23.7. The van der Waals surface area contributed by atoms with Crippen molar-refractivity contribution in [1.29, 1.82) is 5.26 Å². The number of hydrogen-bond acceptors (Lipinski definition) is 8. The molecule has 2 aromatic rings. The molecular formula is C21H23F3N4O4. The number of aromatic nitrogens is 2. The van der Waals surface area contributed by atoms with E-state index in [-0.39, 0.29) is 43.0 Å². The maximum absolute atomic E-state index is 12.7. The number of carbonyl (C=O) groups is 1. The minimum atomic E-state index is -4.44. The van der Waals surface area contributed by atoms with Crippen molar-refractivity contribution in [2.24, 2.45) is 5.92 Å². The van der Waals surface area contributed by atoms with E-state index in [0.29, 0.717) is 17.9 Å². The zero-order valence-electron chi connectivity index (χ0n) is 17.8. The quantitative estimate of drug-likeness (QED) is 0.250. The van der Waals surface area contributed by atoms with Crippen molar-refractivity contribution in [3.63, 3.8) is 0 Å². The zero-order valence-corrected chi connectivity index (χ0v) is 17.8. The number of nitrogens with zero attached hydrogens (tertiary/aromatic N) is 3. The van der Waals surface area contributed by atoms with Gasteiger partial charge in [-0.05, 0) is 25.0 Å². The second-order valence-corrected chi connectivity index (χ2v) is 6.83. The maximum atomic E-state index is 12.7. The van der Waals surface area contributed by atoms with Crippen LogP contribution in [0.15, 0.2) is 40.1 Å². The van der Waals surface area contributed by atoms with Gasteiger partial charge in [0.15, 0.2) is 5.57 Å². The lowest BCUT2D eigenvalue weighted by molar-refractivity contribution is -0.140. The van der Waals surface area contributed by atoms with E-state index < -0.39 is 17.7 Å². The van der Waals surface area contributed by atoms with Crippen LogP contribution in [0.2, 0.25) is 0 Å². The maximum Gasteiger partial charge on any atom is 0.416 e. The first-order valence-corrected chi connectivity index (χ1v) is 9.80. The van der Waals surface area contributed by atoms with E-state index >= 15 is 0 Å². The molecule has 1 aromatic heterocycles. The topological polar surface area (TPSA) is 110 Å². The summed E-state index contributed by atoms with van der Waals surface area (Å²) < 4.78 is 53.4. The summed E-state index contributed by atoms with van der Waals surface area (Å²) in [7, 11) is 0. The highest BCUT2D eigenvalue weighted by Crippen LogP contribution is 2.30. The predicted octanol–water partition coefficient (Wildman–Crippen LogP) is 3.86. The Morgan fingerprint density at radius 2 is 1.94 bits per heavy atom. The van der Waals surface area contributed by atoms with Gasteiger partial charge in [0.05, 0.1) is 18.7 Å². The molecule has 1 heterocycles. The first-order valence-electron chi connectivity index (χ1n) is 9.80. The highest BCUT2D eigenvalue weighted by Gasteiger charge is 2.30. The Kier molecular flexibility index (Phi) is 8.78. The largest absolute Gasteiger partial charge is 0.459 e.